The normalized spacial score (nSPS) is 13.3. The SMILES string of the molecule is CCCNC(=S)c1ccc2c(c1)N(C(CC)N(CC)CC)c1ccccc1S2.Cl. The molecule has 0 radical (unpaired) electrons. The lowest BCUT2D eigenvalue weighted by atomic mass is 10.1. The van der Waals surface area contributed by atoms with E-state index in [0.29, 0.717) is 6.17 Å². The summed E-state index contributed by atoms with van der Waals surface area (Å²) in [6, 6.07) is 15.4. The summed E-state index contributed by atoms with van der Waals surface area (Å²) in [7, 11) is 0. The maximum Gasteiger partial charge on any atom is 0.106 e. The van der Waals surface area contributed by atoms with Crippen LogP contribution in [0.4, 0.5) is 11.4 Å². The summed E-state index contributed by atoms with van der Waals surface area (Å²) < 4.78 is 0. The van der Waals surface area contributed by atoms with Crippen molar-refractivity contribution in [1.82, 2.24) is 10.2 Å². The highest BCUT2D eigenvalue weighted by atomic mass is 35.5. The van der Waals surface area contributed by atoms with Crippen LogP contribution in [-0.4, -0.2) is 35.7 Å². The van der Waals surface area contributed by atoms with Crippen LogP contribution >= 0.6 is 36.4 Å². The van der Waals surface area contributed by atoms with E-state index in [1.54, 1.807) is 0 Å². The molecule has 0 spiro atoms. The number of rotatable bonds is 8. The third kappa shape index (κ3) is 5.08. The maximum atomic E-state index is 5.65. The molecular formula is C23H32ClN3S2. The molecule has 158 valence electrons. The van der Waals surface area contributed by atoms with Crippen LogP contribution in [0.2, 0.25) is 0 Å². The number of para-hydroxylation sites is 1. The Bertz CT molecular complexity index is 824. The van der Waals surface area contributed by atoms with Crippen molar-refractivity contribution in [2.45, 2.75) is 56.5 Å². The first-order valence-corrected chi connectivity index (χ1v) is 11.6. The number of nitrogens with one attached hydrogen (secondary N) is 1. The van der Waals surface area contributed by atoms with E-state index >= 15 is 0 Å². The van der Waals surface area contributed by atoms with E-state index in [2.05, 4.69) is 85.3 Å². The number of fused-ring (bicyclic) bond motifs is 2. The minimum absolute atomic E-state index is 0. The summed E-state index contributed by atoms with van der Waals surface area (Å²) in [6.45, 7) is 11.9. The summed E-state index contributed by atoms with van der Waals surface area (Å²) in [5.74, 6) is 0. The first kappa shape index (κ1) is 24.0. The lowest BCUT2D eigenvalue weighted by Gasteiger charge is -2.43. The topological polar surface area (TPSA) is 18.5 Å². The first-order chi connectivity index (χ1) is 13.6. The van der Waals surface area contributed by atoms with Gasteiger partial charge in [0.15, 0.2) is 0 Å². The van der Waals surface area contributed by atoms with Gasteiger partial charge in [-0.05, 0) is 50.2 Å². The van der Waals surface area contributed by atoms with Gasteiger partial charge in [0.05, 0.1) is 17.5 Å². The van der Waals surface area contributed by atoms with E-state index in [-0.39, 0.29) is 12.4 Å². The number of halogens is 1. The Labute approximate surface area is 191 Å². The Morgan fingerprint density at radius 2 is 1.72 bits per heavy atom. The van der Waals surface area contributed by atoms with E-state index < -0.39 is 0 Å². The average Bonchev–Trinajstić information content (AvgIpc) is 2.74. The maximum absolute atomic E-state index is 5.65. The van der Waals surface area contributed by atoms with Gasteiger partial charge >= 0.3 is 0 Å². The molecule has 1 heterocycles. The van der Waals surface area contributed by atoms with Crippen molar-refractivity contribution < 1.29 is 0 Å². The Morgan fingerprint density at radius 3 is 2.38 bits per heavy atom. The van der Waals surface area contributed by atoms with E-state index in [1.165, 1.54) is 21.2 Å². The molecule has 0 saturated heterocycles. The molecule has 0 amide bonds. The lowest BCUT2D eigenvalue weighted by Crippen LogP contribution is -2.46. The third-order valence-corrected chi connectivity index (χ3v) is 6.77. The molecule has 0 aromatic heterocycles. The summed E-state index contributed by atoms with van der Waals surface area (Å²) in [5.41, 5.74) is 3.66. The highest BCUT2D eigenvalue weighted by Gasteiger charge is 2.31. The van der Waals surface area contributed by atoms with Crippen LogP contribution in [-0.2, 0) is 0 Å². The molecule has 1 aliphatic heterocycles. The highest BCUT2D eigenvalue weighted by molar-refractivity contribution is 7.99. The molecule has 0 aliphatic carbocycles. The van der Waals surface area contributed by atoms with Gasteiger partial charge in [0, 0.05) is 21.9 Å². The molecular weight excluding hydrogens is 418 g/mol. The van der Waals surface area contributed by atoms with Gasteiger partial charge in [-0.1, -0.05) is 69.9 Å². The van der Waals surface area contributed by atoms with Gasteiger partial charge in [0.2, 0.25) is 0 Å². The van der Waals surface area contributed by atoms with Crippen molar-refractivity contribution >= 4 is 52.8 Å². The van der Waals surface area contributed by atoms with Crippen LogP contribution in [0, 0.1) is 0 Å². The second-order valence-electron chi connectivity index (χ2n) is 6.99. The summed E-state index contributed by atoms with van der Waals surface area (Å²) in [6.07, 6.45) is 2.45. The molecule has 1 N–H and O–H groups in total. The molecule has 1 aliphatic rings. The molecule has 29 heavy (non-hydrogen) atoms. The van der Waals surface area contributed by atoms with Crippen molar-refractivity contribution in [2.75, 3.05) is 24.5 Å². The van der Waals surface area contributed by atoms with Gasteiger partial charge in [0.1, 0.15) is 4.99 Å². The van der Waals surface area contributed by atoms with Gasteiger partial charge < -0.3 is 10.2 Å². The summed E-state index contributed by atoms with van der Waals surface area (Å²) in [5, 5.41) is 3.37. The predicted octanol–water partition coefficient (Wildman–Crippen LogP) is 6.46. The Balaban J connectivity index is 0.00000300. The largest absolute Gasteiger partial charge is 0.376 e. The Morgan fingerprint density at radius 1 is 1.03 bits per heavy atom. The number of hydrogen-bond donors (Lipinski definition) is 1. The lowest BCUT2D eigenvalue weighted by molar-refractivity contribution is 0.213. The van der Waals surface area contributed by atoms with E-state index in [4.69, 9.17) is 12.2 Å². The van der Waals surface area contributed by atoms with Crippen molar-refractivity contribution in [2.24, 2.45) is 0 Å². The number of thiocarbonyl (C=S) groups is 1. The molecule has 1 unspecified atom stereocenters. The second-order valence-corrected chi connectivity index (χ2v) is 8.48. The van der Waals surface area contributed by atoms with Crippen molar-refractivity contribution in [3.8, 4) is 0 Å². The quantitative estimate of drug-likeness (QED) is 0.464. The smallest absolute Gasteiger partial charge is 0.106 e. The van der Waals surface area contributed by atoms with Gasteiger partial charge in [-0.2, -0.15) is 0 Å². The van der Waals surface area contributed by atoms with Gasteiger partial charge in [0.25, 0.3) is 0 Å². The predicted molar refractivity (Wildman–Crippen MR) is 133 cm³/mol. The van der Waals surface area contributed by atoms with E-state index in [9.17, 15) is 0 Å². The molecule has 0 saturated carbocycles. The zero-order valence-electron chi connectivity index (χ0n) is 17.8. The molecule has 0 bridgehead atoms. The monoisotopic (exact) mass is 449 g/mol. The van der Waals surface area contributed by atoms with Gasteiger partial charge in [-0.3, -0.25) is 4.90 Å². The fourth-order valence-electron chi connectivity index (χ4n) is 3.83. The molecule has 6 heteroatoms. The van der Waals surface area contributed by atoms with Gasteiger partial charge in [-0.15, -0.1) is 12.4 Å². The second kappa shape index (κ2) is 11.2. The number of nitrogens with zero attached hydrogens (tertiary/aromatic N) is 2. The molecule has 3 nitrogen and oxygen atoms in total. The Hall–Kier alpha value is -1.27. The summed E-state index contributed by atoms with van der Waals surface area (Å²) >= 11 is 7.51. The molecule has 2 aromatic carbocycles. The number of benzene rings is 2. The minimum Gasteiger partial charge on any atom is -0.376 e. The minimum atomic E-state index is 0. The third-order valence-electron chi connectivity index (χ3n) is 5.26. The molecule has 0 fully saturated rings. The fourth-order valence-corrected chi connectivity index (χ4v) is 5.12. The van der Waals surface area contributed by atoms with E-state index in [1.807, 2.05) is 11.8 Å². The summed E-state index contributed by atoms with van der Waals surface area (Å²) in [4.78, 5) is 8.52. The molecule has 2 aromatic rings. The first-order valence-electron chi connectivity index (χ1n) is 10.4. The fraction of sp³-hybridized carbons (Fsp3) is 0.435. The zero-order valence-corrected chi connectivity index (χ0v) is 20.2. The van der Waals surface area contributed by atoms with E-state index in [0.717, 1.165) is 43.0 Å². The van der Waals surface area contributed by atoms with Crippen molar-refractivity contribution in [1.29, 1.82) is 0 Å². The Kier molecular flexibility index (Phi) is 9.28. The van der Waals surface area contributed by atoms with Crippen LogP contribution in [0.3, 0.4) is 0 Å². The number of anilines is 2. The molecule has 3 rings (SSSR count). The van der Waals surface area contributed by atoms with Gasteiger partial charge in [-0.25, -0.2) is 0 Å². The van der Waals surface area contributed by atoms with Crippen LogP contribution in [0.25, 0.3) is 0 Å². The number of hydrogen-bond acceptors (Lipinski definition) is 4. The standard InChI is InChI=1S/C23H31N3S2.ClH/c1-5-15-24-23(27)17-13-14-21-19(16-17)26(22(6-2)25(7-3)8-4)18-11-9-10-12-20(18)28-21;/h9-14,16,22H,5-8,15H2,1-4H3,(H,24,27);1H. The van der Waals surface area contributed by atoms with Crippen molar-refractivity contribution in [3.63, 3.8) is 0 Å². The van der Waals surface area contributed by atoms with Crippen LogP contribution in [0.5, 0.6) is 0 Å². The highest BCUT2D eigenvalue weighted by Crippen LogP contribution is 2.49. The average molecular weight is 450 g/mol. The van der Waals surface area contributed by atoms with Crippen LogP contribution in [0.1, 0.15) is 46.1 Å². The zero-order chi connectivity index (χ0) is 20.1. The van der Waals surface area contributed by atoms with Crippen LogP contribution < -0.4 is 10.2 Å². The van der Waals surface area contributed by atoms with Crippen molar-refractivity contribution in [3.05, 3.63) is 48.0 Å². The van der Waals surface area contributed by atoms with Crippen LogP contribution in [0.15, 0.2) is 52.3 Å². The molecule has 1 atom stereocenters.